The van der Waals surface area contributed by atoms with Gasteiger partial charge < -0.3 is 35.1 Å². The summed E-state index contributed by atoms with van der Waals surface area (Å²) in [4.78, 5) is 11.4. The van der Waals surface area contributed by atoms with Crippen molar-refractivity contribution in [3.05, 3.63) is 47.9 Å². The molecular weight excluding hydrogens is 405 g/mol. The smallest absolute Gasteiger partial charge is 0.542 e. The van der Waals surface area contributed by atoms with E-state index in [1.165, 1.54) is 10.8 Å². The van der Waals surface area contributed by atoms with Crippen LogP contribution in [0.25, 0.3) is 11.3 Å². The third-order valence-electron chi connectivity index (χ3n) is 5.01. The van der Waals surface area contributed by atoms with Crippen molar-refractivity contribution in [2.75, 3.05) is 6.61 Å². The molecule has 30 heavy (non-hydrogen) atoms. The molecule has 1 aliphatic heterocycles. The number of ether oxygens (including phenoxy) is 1. The van der Waals surface area contributed by atoms with Crippen LogP contribution in [0.3, 0.4) is 0 Å². The third kappa shape index (κ3) is 5.09. The zero-order chi connectivity index (χ0) is 21.1. The Hall–Kier alpha value is -1.79. The van der Waals surface area contributed by atoms with E-state index in [-0.39, 0.29) is 36.2 Å². The predicted molar refractivity (Wildman–Crippen MR) is 96.6 cm³/mol. The topological polar surface area (TPSA) is 161 Å². The molecule has 0 aliphatic carbocycles. The standard InChI is InChI=1S/C19H23N3O7.Na/c1-10-14(6-16(19(27)28)29-18(10)17(26)15(25)9-24)22-7-13(20-21-22)12-4-2-11(8-23)3-5-12;/h2-7,10,14-15,17-18,23-26H,8-9H2,1H3,(H,27,28);/q;+1/p-1/t10-,14+,15-,17-,18-;/m1./s1. The summed E-state index contributed by atoms with van der Waals surface area (Å²) in [6.45, 7) is 0.912. The Morgan fingerprint density at radius 1 is 1.27 bits per heavy atom. The molecule has 0 amide bonds. The van der Waals surface area contributed by atoms with Crippen molar-refractivity contribution >= 4 is 5.97 Å². The van der Waals surface area contributed by atoms with Crippen LogP contribution in [0.1, 0.15) is 18.5 Å². The molecule has 0 fully saturated rings. The molecule has 2 aromatic rings. The minimum absolute atomic E-state index is 0. The number of aliphatic carboxylic acids is 1. The zero-order valence-electron chi connectivity index (χ0n) is 16.6. The first kappa shape index (κ1) is 24.5. The number of nitrogens with zero attached hydrogens (tertiary/aromatic N) is 3. The van der Waals surface area contributed by atoms with E-state index in [1.54, 1.807) is 37.4 Å². The number of carboxylic acid groups (broad SMARTS) is 1. The van der Waals surface area contributed by atoms with E-state index in [2.05, 4.69) is 10.3 Å². The summed E-state index contributed by atoms with van der Waals surface area (Å²) >= 11 is 0. The van der Waals surface area contributed by atoms with Gasteiger partial charge in [-0.2, -0.15) is 0 Å². The van der Waals surface area contributed by atoms with Crippen LogP contribution in [0.4, 0.5) is 0 Å². The van der Waals surface area contributed by atoms with Crippen LogP contribution in [-0.4, -0.2) is 66.3 Å². The molecule has 156 valence electrons. The molecule has 0 radical (unpaired) electrons. The number of benzene rings is 1. The van der Waals surface area contributed by atoms with Crippen LogP contribution < -0.4 is 34.7 Å². The van der Waals surface area contributed by atoms with Crippen LogP contribution >= 0.6 is 0 Å². The molecule has 5 atom stereocenters. The molecule has 11 heteroatoms. The zero-order valence-corrected chi connectivity index (χ0v) is 18.6. The van der Waals surface area contributed by atoms with E-state index in [0.717, 1.165) is 11.1 Å². The molecule has 1 aromatic heterocycles. The fourth-order valence-corrected chi connectivity index (χ4v) is 3.27. The van der Waals surface area contributed by atoms with E-state index in [0.29, 0.717) is 5.69 Å². The minimum Gasteiger partial charge on any atom is -0.542 e. The molecule has 1 aliphatic rings. The van der Waals surface area contributed by atoms with Crippen LogP contribution in [0.5, 0.6) is 0 Å². The van der Waals surface area contributed by atoms with Gasteiger partial charge in [0, 0.05) is 11.5 Å². The van der Waals surface area contributed by atoms with Crippen molar-refractivity contribution in [2.24, 2.45) is 5.92 Å². The number of allylic oxidation sites excluding steroid dienone is 1. The Morgan fingerprint density at radius 2 is 1.93 bits per heavy atom. The Morgan fingerprint density at radius 3 is 2.50 bits per heavy atom. The van der Waals surface area contributed by atoms with Gasteiger partial charge in [0.2, 0.25) is 0 Å². The number of carboxylic acids is 1. The first-order valence-electron chi connectivity index (χ1n) is 9.04. The summed E-state index contributed by atoms with van der Waals surface area (Å²) in [5.74, 6) is -2.58. The van der Waals surface area contributed by atoms with Crippen molar-refractivity contribution in [2.45, 2.75) is 37.9 Å². The second-order valence-corrected chi connectivity index (χ2v) is 6.93. The summed E-state index contributed by atoms with van der Waals surface area (Å²) in [7, 11) is 0. The molecule has 10 nitrogen and oxygen atoms in total. The Balaban J connectivity index is 0.00000320. The van der Waals surface area contributed by atoms with Gasteiger partial charge in [-0.1, -0.05) is 36.4 Å². The van der Waals surface area contributed by atoms with Crippen molar-refractivity contribution in [3.8, 4) is 11.3 Å². The molecular formula is C19H22N3NaO7. The molecule has 0 bridgehead atoms. The van der Waals surface area contributed by atoms with E-state index in [4.69, 9.17) is 14.9 Å². The minimum atomic E-state index is -1.57. The number of hydrogen-bond acceptors (Lipinski definition) is 9. The van der Waals surface area contributed by atoms with Crippen LogP contribution in [-0.2, 0) is 16.1 Å². The van der Waals surface area contributed by atoms with Crippen molar-refractivity contribution in [3.63, 3.8) is 0 Å². The Labute approximate surface area is 194 Å². The monoisotopic (exact) mass is 427 g/mol. The molecule has 0 saturated carbocycles. The summed E-state index contributed by atoms with van der Waals surface area (Å²) < 4.78 is 6.75. The van der Waals surface area contributed by atoms with Gasteiger partial charge in [0.15, 0.2) is 0 Å². The average molecular weight is 427 g/mol. The molecule has 1 aromatic carbocycles. The molecule has 0 saturated heterocycles. The van der Waals surface area contributed by atoms with Crippen LogP contribution in [0, 0.1) is 5.92 Å². The normalized spacial score (nSPS) is 23.0. The van der Waals surface area contributed by atoms with Crippen LogP contribution in [0.15, 0.2) is 42.3 Å². The number of aliphatic hydroxyl groups excluding tert-OH is 4. The quantitative estimate of drug-likeness (QED) is 0.319. The largest absolute Gasteiger partial charge is 1.00 e. The fraction of sp³-hybridized carbons (Fsp3) is 0.421. The first-order valence-corrected chi connectivity index (χ1v) is 9.04. The van der Waals surface area contributed by atoms with Gasteiger partial charge in [0.25, 0.3) is 0 Å². The second-order valence-electron chi connectivity index (χ2n) is 6.93. The maximum absolute atomic E-state index is 11.4. The van der Waals surface area contributed by atoms with Crippen molar-refractivity contribution in [1.29, 1.82) is 0 Å². The summed E-state index contributed by atoms with van der Waals surface area (Å²) in [5, 5.41) is 57.8. The van der Waals surface area contributed by atoms with Gasteiger partial charge in [0.1, 0.15) is 35.7 Å². The summed E-state index contributed by atoms with van der Waals surface area (Å²) in [6, 6.07) is 6.41. The van der Waals surface area contributed by atoms with E-state index in [1.807, 2.05) is 0 Å². The van der Waals surface area contributed by atoms with E-state index < -0.39 is 48.6 Å². The second kappa shape index (κ2) is 10.5. The maximum atomic E-state index is 11.4. The van der Waals surface area contributed by atoms with E-state index >= 15 is 0 Å². The van der Waals surface area contributed by atoms with Crippen molar-refractivity contribution in [1.82, 2.24) is 15.0 Å². The summed E-state index contributed by atoms with van der Waals surface area (Å²) in [6.07, 6.45) is -1.20. The average Bonchev–Trinajstić information content (AvgIpc) is 3.22. The first-order chi connectivity index (χ1) is 13.8. The number of hydrogen-bond donors (Lipinski definition) is 4. The Bertz CT molecular complexity index is 887. The number of carbonyl (C=O) groups excluding carboxylic acids is 1. The molecule has 0 spiro atoms. The van der Waals surface area contributed by atoms with Gasteiger partial charge in [0.05, 0.1) is 25.5 Å². The molecule has 2 heterocycles. The van der Waals surface area contributed by atoms with Gasteiger partial charge in [-0.25, -0.2) is 4.68 Å². The van der Waals surface area contributed by atoms with Crippen LogP contribution in [0.2, 0.25) is 0 Å². The SMILES string of the molecule is C[C@H]1[C@H]([C@H](O)[C@H](O)CO)OC(C(=O)[O-])=C[C@@H]1n1cc(-c2ccc(CO)cc2)nn1.[Na+]. The third-order valence-corrected chi connectivity index (χ3v) is 5.01. The maximum Gasteiger partial charge on any atom is 1.00 e. The van der Waals surface area contributed by atoms with Crippen molar-refractivity contribution < 1.29 is 64.6 Å². The number of carbonyl (C=O) groups is 1. The molecule has 4 N–H and O–H groups in total. The van der Waals surface area contributed by atoms with Gasteiger partial charge >= 0.3 is 29.6 Å². The molecule has 0 unspecified atom stereocenters. The fourth-order valence-electron chi connectivity index (χ4n) is 3.27. The van der Waals surface area contributed by atoms with Gasteiger partial charge in [-0.3, -0.25) is 0 Å². The number of aromatic nitrogens is 3. The Kier molecular flexibility index (Phi) is 8.56. The van der Waals surface area contributed by atoms with Gasteiger partial charge in [-0.05, 0) is 11.6 Å². The molecule has 3 rings (SSSR count). The summed E-state index contributed by atoms with van der Waals surface area (Å²) in [5.41, 5.74) is 2.04. The number of rotatable bonds is 7. The van der Waals surface area contributed by atoms with Gasteiger partial charge in [-0.15, -0.1) is 5.10 Å². The van der Waals surface area contributed by atoms with E-state index in [9.17, 15) is 20.1 Å². The predicted octanol–water partition coefficient (Wildman–Crippen LogP) is -4.63. The number of aliphatic hydroxyl groups is 4.